The molecular weight excluding hydrogens is 274 g/mol. The van der Waals surface area contributed by atoms with Crippen LogP contribution in [0.4, 0.5) is 5.69 Å². The van der Waals surface area contributed by atoms with Crippen LogP contribution in [0.2, 0.25) is 5.02 Å². The average Bonchev–Trinajstić information content (AvgIpc) is 2.30. The van der Waals surface area contributed by atoms with E-state index in [4.69, 9.17) is 16.3 Å². The molecule has 0 bridgehead atoms. The van der Waals surface area contributed by atoms with Gasteiger partial charge in [-0.05, 0) is 17.7 Å². The van der Waals surface area contributed by atoms with Gasteiger partial charge in [0.25, 0.3) is 5.69 Å². The second kappa shape index (κ2) is 6.85. The van der Waals surface area contributed by atoms with Gasteiger partial charge in [-0.1, -0.05) is 25.4 Å². The third kappa shape index (κ3) is 4.07. The summed E-state index contributed by atoms with van der Waals surface area (Å²) in [5.74, 6) is 1.97. The molecule has 1 aromatic carbocycles. The number of nitro benzene ring substituents is 1. The number of rotatable bonds is 6. The van der Waals surface area contributed by atoms with E-state index in [0.717, 1.165) is 5.75 Å². The van der Waals surface area contributed by atoms with Crippen molar-refractivity contribution in [2.45, 2.75) is 13.8 Å². The highest BCUT2D eigenvalue weighted by Crippen LogP contribution is 2.29. The second-order valence-corrected chi connectivity index (χ2v) is 5.14. The van der Waals surface area contributed by atoms with Gasteiger partial charge in [0.2, 0.25) is 0 Å². The Balaban J connectivity index is 2.71. The lowest BCUT2D eigenvalue weighted by Gasteiger charge is -2.19. The molecule has 0 aliphatic carbocycles. The summed E-state index contributed by atoms with van der Waals surface area (Å²) in [6.45, 7) is 4.70. The Kier molecular flexibility index (Phi) is 5.75. The fourth-order valence-electron chi connectivity index (χ4n) is 1.37. The van der Waals surface area contributed by atoms with E-state index < -0.39 is 4.92 Å². The van der Waals surface area contributed by atoms with Crippen LogP contribution in [0.1, 0.15) is 13.8 Å². The van der Waals surface area contributed by atoms with Gasteiger partial charge in [-0.2, -0.15) is 12.6 Å². The lowest BCUT2D eigenvalue weighted by Crippen LogP contribution is -2.19. The largest absolute Gasteiger partial charge is 0.492 e. The molecule has 1 rings (SSSR count). The van der Waals surface area contributed by atoms with Gasteiger partial charge in [-0.15, -0.1) is 0 Å². The van der Waals surface area contributed by atoms with Crippen molar-refractivity contribution in [3.8, 4) is 5.75 Å². The number of ether oxygens (including phenoxy) is 1. The molecule has 0 heterocycles. The van der Waals surface area contributed by atoms with Crippen LogP contribution in [0.5, 0.6) is 5.75 Å². The summed E-state index contributed by atoms with van der Waals surface area (Å²) in [7, 11) is 0. The zero-order chi connectivity index (χ0) is 13.7. The molecule has 1 atom stereocenters. The molecule has 0 N–H and O–H groups in total. The van der Waals surface area contributed by atoms with Gasteiger partial charge in [0.1, 0.15) is 5.75 Å². The van der Waals surface area contributed by atoms with Crippen molar-refractivity contribution in [1.29, 1.82) is 0 Å². The van der Waals surface area contributed by atoms with E-state index >= 15 is 0 Å². The van der Waals surface area contributed by atoms with Gasteiger partial charge >= 0.3 is 0 Å². The van der Waals surface area contributed by atoms with Gasteiger partial charge in [0, 0.05) is 18.1 Å². The van der Waals surface area contributed by atoms with E-state index in [9.17, 15) is 10.1 Å². The monoisotopic (exact) mass is 289 g/mol. The molecule has 0 spiro atoms. The Bertz CT molecular complexity index is 426. The minimum atomic E-state index is -0.486. The van der Waals surface area contributed by atoms with Crippen LogP contribution >= 0.6 is 24.2 Å². The first-order valence-corrected chi connectivity index (χ1v) is 6.64. The molecule has 1 aromatic rings. The normalized spacial score (nSPS) is 12.5. The molecule has 0 fully saturated rings. The highest BCUT2D eigenvalue weighted by Gasteiger charge is 2.15. The molecule has 1 unspecified atom stereocenters. The van der Waals surface area contributed by atoms with E-state index in [1.54, 1.807) is 0 Å². The number of benzene rings is 1. The van der Waals surface area contributed by atoms with Crippen LogP contribution in [0.3, 0.4) is 0 Å². The molecule has 0 aliphatic heterocycles. The Morgan fingerprint density at radius 1 is 1.50 bits per heavy atom. The summed E-state index contributed by atoms with van der Waals surface area (Å²) in [6, 6.07) is 4.20. The van der Waals surface area contributed by atoms with Crippen LogP contribution in [-0.4, -0.2) is 17.3 Å². The van der Waals surface area contributed by atoms with E-state index in [2.05, 4.69) is 26.5 Å². The number of halogens is 1. The fourth-order valence-corrected chi connectivity index (χ4v) is 2.13. The summed E-state index contributed by atoms with van der Waals surface area (Å²) < 4.78 is 5.58. The van der Waals surface area contributed by atoms with E-state index in [-0.39, 0.29) is 10.7 Å². The third-order valence-corrected chi connectivity index (χ3v) is 3.52. The number of hydrogen-bond donors (Lipinski definition) is 1. The average molecular weight is 290 g/mol. The minimum absolute atomic E-state index is 0.0399. The van der Waals surface area contributed by atoms with Gasteiger partial charge in [-0.25, -0.2) is 0 Å². The van der Waals surface area contributed by atoms with Crippen molar-refractivity contribution in [1.82, 2.24) is 0 Å². The number of nitrogens with zero attached hydrogens (tertiary/aromatic N) is 1. The maximum Gasteiger partial charge on any atom is 0.271 e. The lowest BCUT2D eigenvalue weighted by molar-refractivity contribution is -0.384. The molecule has 0 aliphatic rings. The van der Waals surface area contributed by atoms with Gasteiger partial charge in [-0.3, -0.25) is 10.1 Å². The molecule has 0 amide bonds. The van der Waals surface area contributed by atoms with Crippen LogP contribution in [-0.2, 0) is 0 Å². The van der Waals surface area contributed by atoms with Crippen molar-refractivity contribution in [2.75, 3.05) is 12.4 Å². The predicted molar refractivity (Wildman–Crippen MR) is 75.8 cm³/mol. The minimum Gasteiger partial charge on any atom is -0.492 e. The standard InChI is InChI=1S/C12H16ClNO3S/c1-8(2)9(7-18)6-17-12-4-3-10(14(15)16)5-11(12)13/h3-5,8-9,18H,6-7H2,1-2H3. The van der Waals surface area contributed by atoms with Crippen molar-refractivity contribution in [2.24, 2.45) is 11.8 Å². The van der Waals surface area contributed by atoms with Crippen molar-refractivity contribution in [3.05, 3.63) is 33.3 Å². The number of non-ortho nitro benzene ring substituents is 1. The quantitative estimate of drug-likeness (QED) is 0.492. The Morgan fingerprint density at radius 3 is 2.61 bits per heavy atom. The molecule has 4 nitrogen and oxygen atoms in total. The number of hydrogen-bond acceptors (Lipinski definition) is 4. The number of nitro groups is 1. The topological polar surface area (TPSA) is 52.4 Å². The first-order chi connectivity index (χ1) is 8.45. The van der Waals surface area contributed by atoms with Crippen molar-refractivity contribution >= 4 is 29.9 Å². The van der Waals surface area contributed by atoms with Crippen LogP contribution in [0.15, 0.2) is 18.2 Å². The Morgan fingerprint density at radius 2 is 2.17 bits per heavy atom. The predicted octanol–water partition coefficient (Wildman–Crippen LogP) is 3.83. The van der Waals surface area contributed by atoms with Gasteiger partial charge in [0.05, 0.1) is 16.6 Å². The fraction of sp³-hybridized carbons (Fsp3) is 0.500. The zero-order valence-corrected chi connectivity index (χ0v) is 11.9. The first-order valence-electron chi connectivity index (χ1n) is 5.63. The zero-order valence-electron chi connectivity index (χ0n) is 10.3. The molecule has 18 heavy (non-hydrogen) atoms. The summed E-state index contributed by atoms with van der Waals surface area (Å²) >= 11 is 10.2. The summed E-state index contributed by atoms with van der Waals surface area (Å²) in [5, 5.41) is 10.8. The van der Waals surface area contributed by atoms with E-state index in [1.807, 2.05) is 0 Å². The van der Waals surface area contributed by atoms with Gasteiger partial charge < -0.3 is 4.74 Å². The molecule has 0 radical (unpaired) electrons. The van der Waals surface area contributed by atoms with Crippen LogP contribution < -0.4 is 4.74 Å². The van der Waals surface area contributed by atoms with Crippen molar-refractivity contribution < 1.29 is 9.66 Å². The first kappa shape index (κ1) is 15.1. The lowest BCUT2D eigenvalue weighted by atomic mass is 9.99. The Labute approximate surface area is 117 Å². The third-order valence-electron chi connectivity index (χ3n) is 2.76. The molecule has 0 saturated heterocycles. The second-order valence-electron chi connectivity index (χ2n) is 4.37. The maximum atomic E-state index is 10.6. The van der Waals surface area contributed by atoms with Crippen molar-refractivity contribution in [3.63, 3.8) is 0 Å². The molecule has 0 saturated carbocycles. The SMILES string of the molecule is CC(C)C(CS)COc1ccc([N+](=O)[O-])cc1Cl. The summed E-state index contributed by atoms with van der Waals surface area (Å²) in [4.78, 5) is 10.1. The molecular formula is C12H16ClNO3S. The smallest absolute Gasteiger partial charge is 0.271 e. The Hall–Kier alpha value is -0.940. The van der Waals surface area contributed by atoms with E-state index in [0.29, 0.717) is 24.2 Å². The van der Waals surface area contributed by atoms with Gasteiger partial charge in [0.15, 0.2) is 0 Å². The molecule has 100 valence electrons. The van der Waals surface area contributed by atoms with E-state index in [1.165, 1.54) is 18.2 Å². The van der Waals surface area contributed by atoms with Crippen LogP contribution in [0, 0.1) is 22.0 Å². The highest BCUT2D eigenvalue weighted by molar-refractivity contribution is 7.80. The maximum absolute atomic E-state index is 10.6. The summed E-state index contributed by atoms with van der Waals surface area (Å²) in [6.07, 6.45) is 0. The molecule has 0 aromatic heterocycles. The summed E-state index contributed by atoms with van der Waals surface area (Å²) in [5.41, 5.74) is -0.0399. The van der Waals surface area contributed by atoms with Crippen LogP contribution in [0.25, 0.3) is 0 Å². The number of thiol groups is 1. The molecule has 6 heteroatoms. The highest BCUT2D eigenvalue weighted by atomic mass is 35.5.